The van der Waals surface area contributed by atoms with E-state index in [4.69, 9.17) is 9.47 Å². The molecule has 0 aliphatic carbocycles. The number of anilines is 4. The van der Waals surface area contributed by atoms with Crippen LogP contribution in [0.25, 0.3) is 11.0 Å². The van der Waals surface area contributed by atoms with Crippen molar-refractivity contribution in [2.75, 3.05) is 43.2 Å². The average molecular weight is 639 g/mol. The number of nitrogens with zero attached hydrogens (tertiary/aromatic N) is 3. The number of hydrogen-bond donors (Lipinski definition) is 3. The molecule has 6 rings (SSSR count). The number of carbonyl (C=O) groups excluding carboxylic acids is 1. The van der Waals surface area contributed by atoms with Gasteiger partial charge in [0, 0.05) is 36.1 Å². The number of para-hydroxylation sites is 2. The summed E-state index contributed by atoms with van der Waals surface area (Å²) in [5.74, 6) is 1.30. The predicted octanol–water partition coefficient (Wildman–Crippen LogP) is 5.62. The van der Waals surface area contributed by atoms with Gasteiger partial charge in [-0.25, -0.2) is 18.4 Å². The Morgan fingerprint density at radius 1 is 0.804 bits per heavy atom. The molecule has 1 amide bonds. The zero-order chi connectivity index (χ0) is 32.3. The van der Waals surface area contributed by atoms with Gasteiger partial charge in [-0.2, -0.15) is 0 Å². The smallest absolute Gasteiger partial charge is 0.263 e. The average Bonchev–Trinajstić information content (AvgIpc) is 3.47. The van der Waals surface area contributed by atoms with E-state index in [1.807, 2.05) is 36.2 Å². The molecule has 236 valence electrons. The number of aromatic nitrogens is 2. The number of nitrogens with one attached hydrogen (secondary N) is 3. The van der Waals surface area contributed by atoms with Crippen molar-refractivity contribution in [3.63, 3.8) is 0 Å². The van der Waals surface area contributed by atoms with Gasteiger partial charge >= 0.3 is 0 Å². The molecule has 1 unspecified atom stereocenters. The van der Waals surface area contributed by atoms with Gasteiger partial charge in [0.1, 0.15) is 11.5 Å². The van der Waals surface area contributed by atoms with Crippen LogP contribution in [0.3, 0.4) is 0 Å². The number of fused-ring (bicyclic) bond motifs is 1. The van der Waals surface area contributed by atoms with Crippen molar-refractivity contribution >= 4 is 50.0 Å². The Hall–Kier alpha value is -5.20. The number of sulfonamides is 1. The van der Waals surface area contributed by atoms with Gasteiger partial charge < -0.3 is 20.1 Å². The third-order valence-electron chi connectivity index (χ3n) is 7.95. The summed E-state index contributed by atoms with van der Waals surface area (Å²) in [6.45, 7) is 0.756. The molecule has 11 nitrogen and oxygen atoms in total. The minimum Gasteiger partial charge on any atom is -0.497 e. The predicted molar refractivity (Wildman–Crippen MR) is 178 cm³/mol. The minimum atomic E-state index is -4.16. The van der Waals surface area contributed by atoms with E-state index in [-0.39, 0.29) is 34.4 Å². The normalized spacial score (nSPS) is 16.6. The van der Waals surface area contributed by atoms with E-state index in [0.29, 0.717) is 40.3 Å². The van der Waals surface area contributed by atoms with Crippen LogP contribution in [0.5, 0.6) is 11.5 Å². The molecule has 0 bridgehead atoms. The molecule has 3 N–H and O–H groups in total. The number of rotatable bonds is 10. The summed E-state index contributed by atoms with van der Waals surface area (Å²) in [6, 6.07) is 28.3. The van der Waals surface area contributed by atoms with Crippen molar-refractivity contribution in [1.82, 2.24) is 14.9 Å². The fourth-order valence-corrected chi connectivity index (χ4v) is 6.65. The van der Waals surface area contributed by atoms with Crippen LogP contribution in [0.15, 0.2) is 102 Å². The monoisotopic (exact) mass is 638 g/mol. The van der Waals surface area contributed by atoms with E-state index >= 15 is 0 Å². The fourth-order valence-electron chi connectivity index (χ4n) is 5.60. The second-order valence-electron chi connectivity index (χ2n) is 11.1. The van der Waals surface area contributed by atoms with Crippen LogP contribution in [0.4, 0.5) is 23.0 Å². The van der Waals surface area contributed by atoms with E-state index in [9.17, 15) is 13.2 Å². The Morgan fingerprint density at radius 3 is 2.13 bits per heavy atom. The summed E-state index contributed by atoms with van der Waals surface area (Å²) in [5, 5.41) is 6.07. The molecule has 1 aromatic heterocycles. The molecule has 2 atom stereocenters. The van der Waals surface area contributed by atoms with E-state index in [1.165, 1.54) is 31.9 Å². The third-order valence-corrected chi connectivity index (χ3v) is 9.29. The van der Waals surface area contributed by atoms with Crippen molar-refractivity contribution in [2.24, 2.45) is 0 Å². The van der Waals surface area contributed by atoms with Crippen molar-refractivity contribution < 1.29 is 22.7 Å². The number of carbonyl (C=O) groups is 1. The number of likely N-dealkylation sites (tertiary alicyclic amines) is 1. The van der Waals surface area contributed by atoms with Crippen LogP contribution >= 0.6 is 0 Å². The minimum absolute atomic E-state index is 0.00513. The highest BCUT2D eigenvalue weighted by atomic mass is 32.2. The zero-order valence-electron chi connectivity index (χ0n) is 25.6. The molecule has 12 heteroatoms. The number of likely N-dealkylation sites (N-methyl/N-ethyl adjacent to an activating group) is 1. The molecule has 5 aromatic rings. The second-order valence-corrected chi connectivity index (χ2v) is 12.7. The molecule has 0 spiro atoms. The summed E-state index contributed by atoms with van der Waals surface area (Å²) in [4.78, 5) is 24.5. The standard InChI is InChI=1S/C34H34N6O5S/c1-40-21-23(22-10-5-4-6-11-22)16-31(40)34(41)36-24-12-9-13-28(19-24)46(42,43)39-33-32(37-29-14-7-8-15-30(29)38-33)35-25-17-26(44-2)20-27(18-25)45-3/h4-15,17-20,23,31H,16,21H2,1-3H3,(H,35,37)(H,36,41)(H,38,39)/t23?,31-/m0/s1. The number of methoxy groups -OCH3 is 2. The highest BCUT2D eigenvalue weighted by Gasteiger charge is 2.35. The number of amides is 1. The molecular formula is C34H34N6O5S. The van der Waals surface area contributed by atoms with E-state index in [2.05, 4.69) is 37.5 Å². The Balaban J connectivity index is 1.24. The van der Waals surface area contributed by atoms with Gasteiger partial charge in [0.15, 0.2) is 11.6 Å². The number of hydrogen-bond acceptors (Lipinski definition) is 9. The Bertz CT molecular complexity index is 1970. The lowest BCUT2D eigenvalue weighted by Crippen LogP contribution is -2.37. The summed E-state index contributed by atoms with van der Waals surface area (Å²) < 4.78 is 40.8. The number of benzene rings is 4. The third kappa shape index (κ3) is 6.72. The molecule has 1 aliphatic rings. The fraction of sp³-hybridized carbons (Fsp3) is 0.206. The van der Waals surface area contributed by atoms with Gasteiger partial charge in [-0.05, 0) is 55.3 Å². The molecule has 1 aliphatic heterocycles. The summed E-state index contributed by atoms with van der Waals surface area (Å²) in [7, 11) is 0.847. The first kappa shape index (κ1) is 30.8. The highest BCUT2D eigenvalue weighted by Crippen LogP contribution is 2.33. The van der Waals surface area contributed by atoms with Crippen LogP contribution in [0, 0.1) is 0 Å². The highest BCUT2D eigenvalue weighted by molar-refractivity contribution is 7.92. The van der Waals surface area contributed by atoms with E-state index in [1.54, 1.807) is 48.5 Å². The SMILES string of the molecule is COc1cc(Nc2nc3ccccc3nc2NS(=O)(=O)c2cccc(NC(=O)[C@@H]3CC(c4ccccc4)CN3C)c2)cc(OC)c1. The maximum absolute atomic E-state index is 13.7. The number of ether oxygens (including phenoxy) is 2. The first-order valence-corrected chi connectivity index (χ1v) is 16.2. The van der Waals surface area contributed by atoms with Gasteiger partial charge in [-0.15, -0.1) is 0 Å². The summed E-state index contributed by atoms with van der Waals surface area (Å²) in [6.07, 6.45) is 0.668. The van der Waals surface area contributed by atoms with Gasteiger partial charge in [0.2, 0.25) is 5.91 Å². The maximum atomic E-state index is 13.7. The molecule has 1 fully saturated rings. The molecule has 2 heterocycles. The molecule has 4 aromatic carbocycles. The van der Waals surface area contributed by atoms with Gasteiger partial charge in [-0.3, -0.25) is 14.4 Å². The first-order chi connectivity index (χ1) is 22.2. The van der Waals surface area contributed by atoms with Crippen molar-refractivity contribution in [1.29, 1.82) is 0 Å². The van der Waals surface area contributed by atoms with Crippen LogP contribution < -0.4 is 24.8 Å². The van der Waals surface area contributed by atoms with Gasteiger partial charge in [0.05, 0.1) is 36.2 Å². The lowest BCUT2D eigenvalue weighted by Gasteiger charge is -2.19. The molecular weight excluding hydrogens is 604 g/mol. The Labute approximate surface area is 267 Å². The topological polar surface area (TPSA) is 135 Å². The second kappa shape index (κ2) is 13.0. The zero-order valence-corrected chi connectivity index (χ0v) is 26.4. The molecule has 46 heavy (non-hydrogen) atoms. The van der Waals surface area contributed by atoms with E-state index in [0.717, 1.165) is 6.54 Å². The van der Waals surface area contributed by atoms with E-state index < -0.39 is 10.0 Å². The molecule has 1 saturated heterocycles. The quantitative estimate of drug-likeness (QED) is 0.178. The molecule has 0 radical (unpaired) electrons. The van der Waals surface area contributed by atoms with Crippen LogP contribution in [0.1, 0.15) is 17.9 Å². The summed E-state index contributed by atoms with van der Waals surface area (Å²) >= 11 is 0. The largest absolute Gasteiger partial charge is 0.497 e. The Kier molecular flexibility index (Phi) is 8.73. The molecule has 0 saturated carbocycles. The van der Waals surface area contributed by atoms with Gasteiger partial charge in [-0.1, -0.05) is 48.5 Å². The van der Waals surface area contributed by atoms with Crippen molar-refractivity contribution in [3.8, 4) is 11.5 Å². The Morgan fingerprint density at radius 2 is 1.46 bits per heavy atom. The van der Waals surface area contributed by atoms with Crippen molar-refractivity contribution in [3.05, 3.63) is 103 Å². The lowest BCUT2D eigenvalue weighted by molar-refractivity contribution is -0.119. The lowest BCUT2D eigenvalue weighted by atomic mass is 9.96. The summed E-state index contributed by atoms with van der Waals surface area (Å²) in [5.41, 5.74) is 3.19. The van der Waals surface area contributed by atoms with Crippen LogP contribution in [-0.2, 0) is 14.8 Å². The van der Waals surface area contributed by atoms with Crippen LogP contribution in [0.2, 0.25) is 0 Å². The van der Waals surface area contributed by atoms with Crippen molar-refractivity contribution in [2.45, 2.75) is 23.3 Å². The maximum Gasteiger partial charge on any atom is 0.263 e. The van der Waals surface area contributed by atoms with Gasteiger partial charge in [0.25, 0.3) is 10.0 Å². The van der Waals surface area contributed by atoms with Crippen LogP contribution in [-0.4, -0.2) is 63.0 Å². The first-order valence-electron chi connectivity index (χ1n) is 14.7.